The number of anilines is 1. The largest absolute Gasteiger partial charge is 0.489 e. The summed E-state index contributed by atoms with van der Waals surface area (Å²) in [5.41, 5.74) is 1.93. The molecule has 3 aromatic carbocycles. The Labute approximate surface area is 218 Å². The highest BCUT2D eigenvalue weighted by Crippen LogP contribution is 2.26. The number of benzene rings is 3. The third-order valence-electron chi connectivity index (χ3n) is 5.29. The molecule has 4 aromatic rings. The molecule has 0 aliphatic heterocycles. The molecule has 1 N–H and O–H groups in total. The Morgan fingerprint density at radius 3 is 2.72 bits per heavy atom. The standard InChI is InChI=1S/C25H19BrClFN4O4/c1-15-10-18(8-9-23(15)32(34)35)36-14-16-4-2-5-17(11-16)25(33)29-24-20(26)13-31(30-24)12-19-21(27)6-3-7-22(19)28/h2-11,13H,12,14H2,1H3,(H,29,30,33). The van der Waals surface area contributed by atoms with E-state index in [1.807, 2.05) is 0 Å². The van der Waals surface area contributed by atoms with Gasteiger partial charge < -0.3 is 10.1 Å². The van der Waals surface area contributed by atoms with Crippen LogP contribution in [0.3, 0.4) is 0 Å². The zero-order valence-electron chi connectivity index (χ0n) is 18.9. The second-order valence-electron chi connectivity index (χ2n) is 7.87. The summed E-state index contributed by atoms with van der Waals surface area (Å²) in [5.74, 6) is -0.0756. The number of aromatic nitrogens is 2. The van der Waals surface area contributed by atoms with Gasteiger partial charge in [0.25, 0.3) is 11.6 Å². The van der Waals surface area contributed by atoms with Crippen molar-refractivity contribution in [3.05, 3.63) is 115 Å². The minimum absolute atomic E-state index is 0.0200. The molecule has 0 atom stereocenters. The van der Waals surface area contributed by atoms with Crippen molar-refractivity contribution in [1.29, 1.82) is 0 Å². The second-order valence-corrected chi connectivity index (χ2v) is 9.13. The first-order chi connectivity index (χ1) is 17.2. The third kappa shape index (κ3) is 5.89. The summed E-state index contributed by atoms with van der Waals surface area (Å²) in [5, 5.41) is 18.3. The number of carbonyl (C=O) groups excluding carboxylic acids is 1. The van der Waals surface area contributed by atoms with Gasteiger partial charge in [0.05, 0.1) is 15.9 Å². The maximum atomic E-state index is 14.1. The van der Waals surface area contributed by atoms with Crippen LogP contribution in [0, 0.1) is 22.9 Å². The second kappa shape index (κ2) is 10.9. The Bertz CT molecular complexity index is 1440. The summed E-state index contributed by atoms with van der Waals surface area (Å²) in [4.78, 5) is 23.4. The van der Waals surface area contributed by atoms with Crippen molar-refractivity contribution in [2.24, 2.45) is 0 Å². The van der Waals surface area contributed by atoms with Crippen molar-refractivity contribution in [3.63, 3.8) is 0 Å². The van der Waals surface area contributed by atoms with Crippen molar-refractivity contribution in [2.45, 2.75) is 20.1 Å². The van der Waals surface area contributed by atoms with Gasteiger partial charge in [-0.05, 0) is 64.8 Å². The van der Waals surface area contributed by atoms with Crippen LogP contribution in [0.15, 0.2) is 71.3 Å². The Kier molecular flexibility index (Phi) is 7.66. The van der Waals surface area contributed by atoms with E-state index in [9.17, 15) is 19.3 Å². The predicted octanol–water partition coefficient (Wildman–Crippen LogP) is 6.53. The van der Waals surface area contributed by atoms with Crippen LogP contribution in [0.5, 0.6) is 5.75 Å². The van der Waals surface area contributed by atoms with Crippen LogP contribution in [0.1, 0.15) is 27.0 Å². The topological polar surface area (TPSA) is 99.3 Å². The number of aryl methyl sites for hydroxylation is 1. The average Bonchev–Trinajstić information content (AvgIpc) is 3.18. The first-order valence-corrected chi connectivity index (χ1v) is 11.8. The number of amides is 1. The Balaban J connectivity index is 1.42. The Morgan fingerprint density at radius 1 is 1.22 bits per heavy atom. The van der Waals surface area contributed by atoms with Crippen molar-refractivity contribution >= 4 is 44.9 Å². The van der Waals surface area contributed by atoms with E-state index < -0.39 is 16.6 Å². The summed E-state index contributed by atoms with van der Waals surface area (Å²) in [7, 11) is 0. The number of nitro groups is 1. The van der Waals surface area contributed by atoms with E-state index in [4.69, 9.17) is 16.3 Å². The molecule has 36 heavy (non-hydrogen) atoms. The molecule has 0 saturated heterocycles. The predicted molar refractivity (Wildman–Crippen MR) is 137 cm³/mol. The number of halogens is 3. The molecule has 1 amide bonds. The highest BCUT2D eigenvalue weighted by molar-refractivity contribution is 9.10. The summed E-state index contributed by atoms with van der Waals surface area (Å²) in [6, 6.07) is 15.8. The molecule has 0 unspecified atom stereocenters. The number of rotatable bonds is 8. The van der Waals surface area contributed by atoms with Gasteiger partial charge in [-0.15, -0.1) is 0 Å². The van der Waals surface area contributed by atoms with Gasteiger partial charge in [0, 0.05) is 34.0 Å². The number of nitrogens with one attached hydrogen (secondary N) is 1. The summed E-state index contributed by atoms with van der Waals surface area (Å²) >= 11 is 9.46. The minimum Gasteiger partial charge on any atom is -0.489 e. The molecule has 11 heteroatoms. The first-order valence-electron chi connectivity index (χ1n) is 10.6. The van der Waals surface area contributed by atoms with E-state index in [2.05, 4.69) is 26.3 Å². The molecule has 0 aliphatic carbocycles. The SMILES string of the molecule is Cc1cc(OCc2cccc(C(=O)Nc3nn(Cc4c(F)cccc4Cl)cc3Br)c2)ccc1[N+](=O)[O-]. The quantitative estimate of drug-likeness (QED) is 0.191. The molecule has 0 bridgehead atoms. The maximum absolute atomic E-state index is 14.1. The van der Waals surface area contributed by atoms with E-state index in [1.165, 1.54) is 28.9 Å². The fraction of sp³-hybridized carbons (Fsp3) is 0.120. The molecule has 0 saturated carbocycles. The molecule has 1 heterocycles. The number of carbonyl (C=O) groups is 1. The lowest BCUT2D eigenvalue weighted by atomic mass is 10.1. The van der Waals surface area contributed by atoms with Gasteiger partial charge in [-0.3, -0.25) is 19.6 Å². The molecular weight excluding hydrogens is 555 g/mol. The molecule has 1 aromatic heterocycles. The normalized spacial score (nSPS) is 10.8. The summed E-state index contributed by atoms with van der Waals surface area (Å²) < 4.78 is 21.8. The molecule has 0 radical (unpaired) electrons. The van der Waals surface area contributed by atoms with Gasteiger partial charge >= 0.3 is 0 Å². The molecule has 0 spiro atoms. The van der Waals surface area contributed by atoms with Crippen molar-refractivity contribution in [1.82, 2.24) is 9.78 Å². The van der Waals surface area contributed by atoms with Crippen LogP contribution < -0.4 is 10.1 Å². The van der Waals surface area contributed by atoms with Crippen molar-refractivity contribution in [3.8, 4) is 5.75 Å². The third-order valence-corrected chi connectivity index (χ3v) is 6.22. The number of ether oxygens (including phenoxy) is 1. The summed E-state index contributed by atoms with van der Waals surface area (Å²) in [6.45, 7) is 1.90. The Morgan fingerprint density at radius 2 is 2.00 bits per heavy atom. The van der Waals surface area contributed by atoms with Crippen LogP contribution in [0.25, 0.3) is 0 Å². The molecule has 184 valence electrons. The van der Waals surface area contributed by atoms with Crippen LogP contribution in [0.2, 0.25) is 5.02 Å². The molecule has 0 fully saturated rings. The highest BCUT2D eigenvalue weighted by Gasteiger charge is 2.15. The van der Waals surface area contributed by atoms with Crippen molar-refractivity contribution in [2.75, 3.05) is 5.32 Å². The van der Waals surface area contributed by atoms with Crippen LogP contribution >= 0.6 is 27.5 Å². The van der Waals surface area contributed by atoms with Gasteiger partial charge in [-0.2, -0.15) is 5.10 Å². The van der Waals surface area contributed by atoms with E-state index in [1.54, 1.807) is 49.5 Å². The monoisotopic (exact) mass is 572 g/mol. The Hall–Kier alpha value is -3.76. The maximum Gasteiger partial charge on any atom is 0.272 e. The lowest BCUT2D eigenvalue weighted by molar-refractivity contribution is -0.385. The zero-order valence-corrected chi connectivity index (χ0v) is 21.2. The lowest BCUT2D eigenvalue weighted by Crippen LogP contribution is -2.14. The number of nitrogens with zero attached hydrogens (tertiary/aromatic N) is 3. The van der Waals surface area contributed by atoms with Crippen molar-refractivity contribution < 1.29 is 18.8 Å². The fourth-order valence-electron chi connectivity index (χ4n) is 3.48. The van der Waals surface area contributed by atoms with E-state index in [-0.39, 0.29) is 29.7 Å². The minimum atomic E-state index is -0.447. The van der Waals surface area contributed by atoms with Crippen LogP contribution in [-0.4, -0.2) is 20.6 Å². The van der Waals surface area contributed by atoms with E-state index in [0.29, 0.717) is 26.9 Å². The number of nitro benzene ring substituents is 1. The smallest absolute Gasteiger partial charge is 0.272 e. The molecule has 4 rings (SSSR count). The highest BCUT2D eigenvalue weighted by atomic mass is 79.9. The zero-order chi connectivity index (χ0) is 25.8. The number of hydrogen-bond acceptors (Lipinski definition) is 5. The number of hydrogen-bond donors (Lipinski definition) is 1. The van der Waals surface area contributed by atoms with E-state index in [0.717, 1.165) is 5.56 Å². The molecular formula is C25H19BrClFN4O4. The van der Waals surface area contributed by atoms with Gasteiger partial charge in [0.2, 0.25) is 0 Å². The van der Waals surface area contributed by atoms with Crippen LogP contribution in [0.4, 0.5) is 15.9 Å². The van der Waals surface area contributed by atoms with E-state index >= 15 is 0 Å². The molecule has 8 nitrogen and oxygen atoms in total. The summed E-state index contributed by atoms with van der Waals surface area (Å²) in [6.07, 6.45) is 1.62. The van der Waals surface area contributed by atoms with Gasteiger partial charge in [0.15, 0.2) is 5.82 Å². The van der Waals surface area contributed by atoms with Gasteiger partial charge in [-0.1, -0.05) is 29.8 Å². The van der Waals surface area contributed by atoms with Gasteiger partial charge in [0.1, 0.15) is 18.2 Å². The fourth-order valence-corrected chi connectivity index (χ4v) is 4.12. The van der Waals surface area contributed by atoms with Gasteiger partial charge in [-0.25, -0.2) is 4.39 Å². The first kappa shape index (κ1) is 25.3. The lowest BCUT2D eigenvalue weighted by Gasteiger charge is -2.09. The van der Waals surface area contributed by atoms with Crippen LogP contribution in [-0.2, 0) is 13.2 Å². The molecule has 0 aliphatic rings. The average molecular weight is 574 g/mol.